The second kappa shape index (κ2) is 8.07. The first kappa shape index (κ1) is 20.3. The Morgan fingerprint density at radius 3 is 2.17 bits per heavy atom. The number of carbonyl (C=O) groups excluding carboxylic acids is 2. The lowest BCUT2D eigenvalue weighted by molar-refractivity contribution is -0.136. The van der Waals surface area contributed by atoms with E-state index >= 15 is 0 Å². The molecule has 0 saturated carbocycles. The van der Waals surface area contributed by atoms with Gasteiger partial charge >= 0.3 is 5.97 Å². The van der Waals surface area contributed by atoms with Crippen molar-refractivity contribution in [3.05, 3.63) is 60.2 Å². The van der Waals surface area contributed by atoms with Crippen molar-refractivity contribution in [2.24, 2.45) is 0 Å². The van der Waals surface area contributed by atoms with Gasteiger partial charge in [0, 0.05) is 12.6 Å². The predicted octanol–water partition coefficient (Wildman–Crippen LogP) is 3.19. The standard InChI is InChI=1S/C23H23NO5S/c1-2-24(18-11-12-30(27,28)15-18)21(25)14-29-23(26)22-19-9-5-3-7-16(19)13-17-8-4-6-10-20(17)22/h3-10,13,18H,2,11-12,14-15H2,1H3/t18-/m1/s1. The molecular weight excluding hydrogens is 402 g/mol. The van der Waals surface area contributed by atoms with Crippen LogP contribution in [-0.2, 0) is 19.4 Å². The van der Waals surface area contributed by atoms with Crippen molar-refractivity contribution in [1.29, 1.82) is 0 Å². The van der Waals surface area contributed by atoms with E-state index in [0.717, 1.165) is 21.5 Å². The third-order valence-corrected chi connectivity index (χ3v) is 7.36. The SMILES string of the molecule is CCN(C(=O)COC(=O)c1c2ccccc2cc2ccccc12)[C@@H]1CCS(=O)(=O)C1. The second-order valence-corrected chi connectivity index (χ2v) is 9.74. The molecule has 1 amide bonds. The van der Waals surface area contributed by atoms with Crippen LogP contribution in [-0.4, -0.2) is 55.9 Å². The maximum absolute atomic E-state index is 13.0. The summed E-state index contributed by atoms with van der Waals surface area (Å²) >= 11 is 0. The van der Waals surface area contributed by atoms with Gasteiger partial charge in [-0.25, -0.2) is 13.2 Å². The number of benzene rings is 3. The molecule has 7 heteroatoms. The fourth-order valence-corrected chi connectivity index (χ4v) is 5.91. The highest BCUT2D eigenvalue weighted by atomic mass is 32.2. The highest BCUT2D eigenvalue weighted by Crippen LogP contribution is 2.29. The van der Waals surface area contributed by atoms with Crippen molar-refractivity contribution in [2.45, 2.75) is 19.4 Å². The van der Waals surface area contributed by atoms with E-state index < -0.39 is 22.4 Å². The van der Waals surface area contributed by atoms with Gasteiger partial charge in [-0.2, -0.15) is 0 Å². The summed E-state index contributed by atoms with van der Waals surface area (Å²) < 4.78 is 28.9. The summed E-state index contributed by atoms with van der Waals surface area (Å²) in [6.45, 7) is 1.75. The van der Waals surface area contributed by atoms with Crippen LogP contribution < -0.4 is 0 Å². The van der Waals surface area contributed by atoms with Crippen molar-refractivity contribution in [3.8, 4) is 0 Å². The minimum absolute atomic E-state index is 0.0332. The number of nitrogens with zero attached hydrogens (tertiary/aromatic N) is 1. The van der Waals surface area contributed by atoms with Crippen LogP contribution >= 0.6 is 0 Å². The summed E-state index contributed by atoms with van der Waals surface area (Å²) in [5.41, 5.74) is 0.433. The lowest BCUT2D eigenvalue weighted by atomic mass is 9.97. The van der Waals surface area contributed by atoms with E-state index in [-0.39, 0.29) is 23.5 Å². The molecule has 1 fully saturated rings. The number of amides is 1. The van der Waals surface area contributed by atoms with Gasteiger partial charge in [-0.05, 0) is 41.0 Å². The molecule has 30 heavy (non-hydrogen) atoms. The van der Waals surface area contributed by atoms with Crippen molar-refractivity contribution >= 4 is 43.3 Å². The Kier molecular flexibility index (Phi) is 5.47. The number of esters is 1. The smallest absolute Gasteiger partial charge is 0.339 e. The first-order chi connectivity index (χ1) is 14.4. The minimum Gasteiger partial charge on any atom is -0.452 e. The largest absolute Gasteiger partial charge is 0.452 e. The van der Waals surface area contributed by atoms with E-state index in [0.29, 0.717) is 18.5 Å². The van der Waals surface area contributed by atoms with Crippen LogP contribution in [0.25, 0.3) is 21.5 Å². The normalized spacial score (nSPS) is 17.8. The lowest BCUT2D eigenvalue weighted by Crippen LogP contribution is -2.43. The van der Waals surface area contributed by atoms with Crippen molar-refractivity contribution in [2.75, 3.05) is 24.7 Å². The van der Waals surface area contributed by atoms with E-state index in [1.807, 2.05) is 54.6 Å². The molecule has 1 saturated heterocycles. The maximum Gasteiger partial charge on any atom is 0.339 e. The van der Waals surface area contributed by atoms with Crippen molar-refractivity contribution < 1.29 is 22.7 Å². The van der Waals surface area contributed by atoms with Crippen LogP contribution in [0.4, 0.5) is 0 Å². The Bertz CT molecular complexity index is 1180. The van der Waals surface area contributed by atoms with Gasteiger partial charge in [0.1, 0.15) is 0 Å². The average Bonchev–Trinajstić information content (AvgIpc) is 3.10. The summed E-state index contributed by atoms with van der Waals surface area (Å²) in [6.07, 6.45) is 0.420. The van der Waals surface area contributed by atoms with Crippen LogP contribution in [0.15, 0.2) is 54.6 Å². The van der Waals surface area contributed by atoms with Crippen LogP contribution in [0.2, 0.25) is 0 Å². The molecule has 4 rings (SSSR count). The monoisotopic (exact) mass is 425 g/mol. The first-order valence-electron chi connectivity index (χ1n) is 9.97. The summed E-state index contributed by atoms with van der Waals surface area (Å²) in [6, 6.07) is 16.8. The molecule has 0 aromatic heterocycles. The van der Waals surface area contributed by atoms with Crippen molar-refractivity contribution in [1.82, 2.24) is 4.90 Å². The molecule has 1 heterocycles. The molecular formula is C23H23NO5S. The van der Waals surface area contributed by atoms with Gasteiger partial charge in [-0.15, -0.1) is 0 Å². The molecule has 0 unspecified atom stereocenters. The fourth-order valence-electron chi connectivity index (χ4n) is 4.18. The van der Waals surface area contributed by atoms with Gasteiger partial charge in [-0.3, -0.25) is 4.79 Å². The highest BCUT2D eigenvalue weighted by molar-refractivity contribution is 7.91. The third kappa shape index (κ3) is 3.89. The van der Waals surface area contributed by atoms with Gasteiger partial charge < -0.3 is 9.64 Å². The van der Waals surface area contributed by atoms with E-state index in [1.54, 1.807) is 6.92 Å². The molecule has 156 valence electrons. The fraction of sp³-hybridized carbons (Fsp3) is 0.304. The summed E-state index contributed by atoms with van der Waals surface area (Å²) in [7, 11) is -3.11. The molecule has 0 N–H and O–H groups in total. The van der Waals surface area contributed by atoms with E-state index in [2.05, 4.69) is 0 Å². The second-order valence-electron chi connectivity index (χ2n) is 7.51. The van der Waals surface area contributed by atoms with Crippen LogP contribution in [0.1, 0.15) is 23.7 Å². The zero-order chi connectivity index (χ0) is 21.3. The summed E-state index contributed by atoms with van der Waals surface area (Å²) in [5.74, 6) is -0.888. The molecule has 3 aromatic rings. The topological polar surface area (TPSA) is 80.8 Å². The van der Waals surface area contributed by atoms with E-state index in [4.69, 9.17) is 4.74 Å². The van der Waals surface area contributed by atoms with Gasteiger partial charge in [0.05, 0.1) is 17.1 Å². The zero-order valence-corrected chi connectivity index (χ0v) is 17.5. The molecule has 1 aliphatic rings. The average molecular weight is 426 g/mol. The number of sulfone groups is 1. The predicted molar refractivity (Wildman–Crippen MR) is 116 cm³/mol. The molecule has 1 atom stereocenters. The number of fused-ring (bicyclic) bond motifs is 2. The number of hydrogen-bond donors (Lipinski definition) is 0. The Hall–Kier alpha value is -2.93. The molecule has 3 aromatic carbocycles. The van der Waals surface area contributed by atoms with Gasteiger partial charge in [0.25, 0.3) is 5.91 Å². The van der Waals surface area contributed by atoms with Crippen molar-refractivity contribution in [3.63, 3.8) is 0 Å². The lowest BCUT2D eigenvalue weighted by Gasteiger charge is -2.26. The quantitative estimate of drug-likeness (QED) is 0.463. The summed E-state index contributed by atoms with van der Waals surface area (Å²) in [5, 5.41) is 3.37. The Morgan fingerprint density at radius 1 is 1.03 bits per heavy atom. The molecule has 1 aliphatic heterocycles. The number of carbonyl (C=O) groups is 2. The van der Waals surface area contributed by atoms with Crippen LogP contribution in [0.5, 0.6) is 0 Å². The maximum atomic E-state index is 13.0. The number of likely N-dealkylation sites (N-methyl/N-ethyl adjacent to an activating group) is 1. The van der Waals surface area contributed by atoms with E-state index in [1.165, 1.54) is 4.90 Å². The highest BCUT2D eigenvalue weighted by Gasteiger charge is 2.34. The minimum atomic E-state index is -3.11. The van der Waals surface area contributed by atoms with Crippen LogP contribution in [0, 0.1) is 0 Å². The molecule has 0 bridgehead atoms. The molecule has 0 radical (unpaired) electrons. The summed E-state index contributed by atoms with van der Waals surface area (Å²) in [4.78, 5) is 27.2. The third-order valence-electron chi connectivity index (χ3n) is 5.61. The molecule has 0 spiro atoms. The molecule has 0 aliphatic carbocycles. The molecule has 6 nitrogen and oxygen atoms in total. The Balaban J connectivity index is 1.58. The van der Waals surface area contributed by atoms with Crippen LogP contribution in [0.3, 0.4) is 0 Å². The van der Waals surface area contributed by atoms with Gasteiger partial charge in [0.2, 0.25) is 0 Å². The number of hydrogen-bond acceptors (Lipinski definition) is 5. The van der Waals surface area contributed by atoms with Gasteiger partial charge in [0.15, 0.2) is 16.4 Å². The van der Waals surface area contributed by atoms with Gasteiger partial charge in [-0.1, -0.05) is 48.5 Å². The Labute approximate surface area is 175 Å². The number of rotatable bonds is 5. The number of ether oxygens (including phenoxy) is 1. The van der Waals surface area contributed by atoms with E-state index in [9.17, 15) is 18.0 Å². The zero-order valence-electron chi connectivity index (χ0n) is 16.7. The Morgan fingerprint density at radius 2 is 1.63 bits per heavy atom. The first-order valence-corrected chi connectivity index (χ1v) is 11.8.